The van der Waals surface area contributed by atoms with Gasteiger partial charge in [-0.15, -0.1) is 0 Å². The van der Waals surface area contributed by atoms with Gasteiger partial charge in [-0.25, -0.2) is 25.6 Å². The summed E-state index contributed by atoms with van der Waals surface area (Å²) in [6.45, 7) is -0.501. The minimum Gasteiger partial charge on any atom is -0.595 e. The van der Waals surface area contributed by atoms with E-state index in [0.29, 0.717) is 5.56 Å². The lowest BCUT2D eigenvalue weighted by molar-refractivity contribution is -0.991. The number of nitrogens with zero attached hydrogens (tertiary/aromatic N) is 5. The molecule has 1 aromatic carbocycles. The second-order valence-corrected chi connectivity index (χ2v) is 6.77. The summed E-state index contributed by atoms with van der Waals surface area (Å²) < 4.78 is 6.94. The highest BCUT2D eigenvalue weighted by molar-refractivity contribution is 5.85. The number of rotatable bonds is 6. The number of nitrogens with two attached hydrogens (primary N) is 1. The Balaban J connectivity index is 1.69. The Labute approximate surface area is 174 Å². The molecule has 5 atom stereocenters. The zero-order chi connectivity index (χ0) is 22.1. The first kappa shape index (κ1) is 21.0. The third-order valence-electron chi connectivity index (χ3n) is 4.79. The van der Waals surface area contributed by atoms with E-state index >= 15 is 0 Å². The van der Waals surface area contributed by atoms with Crippen LogP contribution in [0.25, 0.3) is 11.2 Å². The Morgan fingerprint density at radius 2 is 2.13 bits per heavy atom. The summed E-state index contributed by atoms with van der Waals surface area (Å²) in [5, 5.41) is 53.1. The monoisotopic (exact) mass is 432 g/mol. The van der Waals surface area contributed by atoms with Crippen LogP contribution in [0.2, 0.25) is 0 Å². The topological polar surface area (TPSA) is 212 Å². The zero-order valence-corrected chi connectivity index (χ0v) is 15.9. The standard InChI is InChI=1S/C17H20N8O6/c18-14-11-15(20-7-19-14)24(16-13(28)12(27)10(6-26)31-16)17(22-11)23-21-5-8-2-1-3-9(4-8)25(29)30/h1-5,7,10,12-13,16,25-29H,6H2,(H,22,23)(H2,18,19,20)/b21-5+/t10-,12-,13-,16-/m1/s1. The van der Waals surface area contributed by atoms with E-state index in [9.17, 15) is 20.5 Å². The molecule has 0 aliphatic carbocycles. The van der Waals surface area contributed by atoms with E-state index in [4.69, 9.17) is 15.7 Å². The highest BCUT2D eigenvalue weighted by Gasteiger charge is 2.45. The second kappa shape index (κ2) is 8.48. The maximum Gasteiger partial charge on any atom is 0.228 e. The molecule has 14 heteroatoms. The molecule has 0 saturated carbocycles. The largest absolute Gasteiger partial charge is 0.595 e. The van der Waals surface area contributed by atoms with Crippen molar-refractivity contribution < 1.29 is 30.5 Å². The third-order valence-corrected chi connectivity index (χ3v) is 4.79. The van der Waals surface area contributed by atoms with Gasteiger partial charge < -0.3 is 31.0 Å². The molecule has 0 amide bonds. The number of anilines is 2. The van der Waals surface area contributed by atoms with Crippen LogP contribution in [0.15, 0.2) is 35.7 Å². The van der Waals surface area contributed by atoms with Crippen molar-refractivity contribution in [2.45, 2.75) is 24.5 Å². The van der Waals surface area contributed by atoms with E-state index in [1.807, 2.05) is 0 Å². The number of hydrogen-bond acceptors (Lipinski definition) is 12. The number of nitrogen functional groups attached to an aromatic ring is 1. The fraction of sp³-hybridized carbons (Fsp3) is 0.294. The van der Waals surface area contributed by atoms with Crippen molar-refractivity contribution in [1.82, 2.24) is 19.5 Å². The number of imidazole rings is 1. The molecule has 1 unspecified atom stereocenters. The van der Waals surface area contributed by atoms with Crippen molar-refractivity contribution in [3.63, 3.8) is 0 Å². The smallest absolute Gasteiger partial charge is 0.228 e. The van der Waals surface area contributed by atoms with E-state index in [0.717, 1.165) is 0 Å². The molecule has 1 aliphatic rings. The SMILES string of the molecule is Nc1ncnc2c1nc(N/N=C/c1cccc([NH+]([O-])O)c1)n2[C@@H]1O[C@H](CO)[C@@H](O)[C@H]1O. The minimum atomic E-state index is -1.39. The first-order valence-electron chi connectivity index (χ1n) is 9.14. The number of nitrogens with one attached hydrogen (secondary N) is 2. The van der Waals surface area contributed by atoms with Crippen molar-refractivity contribution >= 4 is 34.8 Å². The first-order valence-corrected chi connectivity index (χ1v) is 9.14. The van der Waals surface area contributed by atoms with Gasteiger partial charge in [0, 0.05) is 17.7 Å². The van der Waals surface area contributed by atoms with Crippen molar-refractivity contribution in [3.8, 4) is 0 Å². The van der Waals surface area contributed by atoms with Crippen LogP contribution < -0.4 is 16.4 Å². The number of aliphatic hydroxyl groups excluding tert-OH is 3. The Bertz CT molecular complexity index is 1110. The highest BCUT2D eigenvalue weighted by Crippen LogP contribution is 2.35. The number of aliphatic hydroxyl groups is 3. The van der Waals surface area contributed by atoms with Crippen LogP contribution in [-0.2, 0) is 4.74 Å². The Hall–Kier alpha value is -3.24. The number of quaternary nitrogens is 1. The average Bonchev–Trinajstić information content (AvgIpc) is 3.26. The maximum absolute atomic E-state index is 11.1. The van der Waals surface area contributed by atoms with Crippen LogP contribution in [0, 0.1) is 5.21 Å². The quantitative estimate of drug-likeness (QED) is 0.165. The molecule has 1 fully saturated rings. The van der Waals surface area contributed by atoms with E-state index in [-0.39, 0.29) is 28.6 Å². The van der Waals surface area contributed by atoms with Crippen LogP contribution in [0.3, 0.4) is 0 Å². The molecule has 3 heterocycles. The predicted octanol–water partition coefficient (Wildman–Crippen LogP) is -2.13. The zero-order valence-electron chi connectivity index (χ0n) is 15.9. The Morgan fingerprint density at radius 3 is 2.84 bits per heavy atom. The normalized spacial score (nSPS) is 24.8. The maximum atomic E-state index is 11.1. The number of fused-ring (bicyclic) bond motifs is 1. The number of hydrazone groups is 1. The summed E-state index contributed by atoms with van der Waals surface area (Å²) >= 11 is 0. The van der Waals surface area contributed by atoms with Gasteiger partial charge in [0.15, 0.2) is 28.9 Å². The lowest BCUT2D eigenvalue weighted by Gasteiger charge is -2.18. The van der Waals surface area contributed by atoms with Gasteiger partial charge in [-0.2, -0.15) is 10.3 Å². The van der Waals surface area contributed by atoms with Crippen LogP contribution in [0.1, 0.15) is 11.8 Å². The van der Waals surface area contributed by atoms with Crippen molar-refractivity contribution in [2.75, 3.05) is 17.8 Å². The van der Waals surface area contributed by atoms with Crippen molar-refractivity contribution in [3.05, 3.63) is 41.4 Å². The molecule has 2 aromatic heterocycles. The number of hydrogen-bond donors (Lipinski definition) is 7. The van der Waals surface area contributed by atoms with E-state index in [2.05, 4.69) is 25.5 Å². The Morgan fingerprint density at radius 1 is 1.32 bits per heavy atom. The van der Waals surface area contributed by atoms with Crippen LogP contribution >= 0.6 is 0 Å². The summed E-state index contributed by atoms with van der Waals surface area (Å²) in [7, 11) is 0. The van der Waals surface area contributed by atoms with Crippen LogP contribution in [0.4, 0.5) is 17.5 Å². The summed E-state index contributed by atoms with van der Waals surface area (Å²) in [6, 6.07) is 6.13. The van der Waals surface area contributed by atoms with E-state index in [1.165, 1.54) is 29.2 Å². The molecule has 4 rings (SSSR count). The van der Waals surface area contributed by atoms with Gasteiger partial charge in [0.1, 0.15) is 24.6 Å². The molecule has 0 radical (unpaired) electrons. The summed E-state index contributed by atoms with van der Waals surface area (Å²) in [4.78, 5) is 12.3. The molecule has 14 nitrogen and oxygen atoms in total. The molecule has 3 aromatic rings. The third kappa shape index (κ3) is 3.91. The summed E-state index contributed by atoms with van der Waals surface area (Å²) in [6.07, 6.45) is -2.28. The second-order valence-electron chi connectivity index (χ2n) is 6.77. The first-order chi connectivity index (χ1) is 14.9. The predicted molar refractivity (Wildman–Crippen MR) is 106 cm³/mol. The number of ether oxygens (including phenoxy) is 1. The fourth-order valence-electron chi connectivity index (χ4n) is 3.26. The van der Waals surface area contributed by atoms with Gasteiger partial charge in [-0.3, -0.25) is 4.57 Å². The molecular weight excluding hydrogens is 412 g/mol. The summed E-state index contributed by atoms with van der Waals surface area (Å²) in [5.74, 6) is 0.152. The average molecular weight is 432 g/mol. The minimum absolute atomic E-state index is 0.0719. The fourth-order valence-corrected chi connectivity index (χ4v) is 3.26. The van der Waals surface area contributed by atoms with Gasteiger partial charge >= 0.3 is 0 Å². The van der Waals surface area contributed by atoms with Crippen LogP contribution in [0.5, 0.6) is 0 Å². The highest BCUT2D eigenvalue weighted by atomic mass is 16.8. The van der Waals surface area contributed by atoms with E-state index < -0.39 is 36.4 Å². The molecule has 0 spiro atoms. The molecule has 8 N–H and O–H groups in total. The van der Waals surface area contributed by atoms with Gasteiger partial charge in [0.05, 0.1) is 12.8 Å². The van der Waals surface area contributed by atoms with Crippen molar-refractivity contribution in [2.24, 2.45) is 5.10 Å². The molecule has 31 heavy (non-hydrogen) atoms. The van der Waals surface area contributed by atoms with E-state index in [1.54, 1.807) is 12.1 Å². The van der Waals surface area contributed by atoms with Gasteiger partial charge in [-0.05, 0) is 0 Å². The van der Waals surface area contributed by atoms with Crippen molar-refractivity contribution in [1.29, 1.82) is 0 Å². The number of benzene rings is 1. The molecule has 0 bridgehead atoms. The number of aromatic nitrogens is 4. The van der Waals surface area contributed by atoms with Gasteiger partial charge in [-0.1, -0.05) is 12.1 Å². The molecular formula is C17H20N8O6. The molecule has 1 aliphatic heterocycles. The lowest BCUT2D eigenvalue weighted by Crippen LogP contribution is -2.99. The summed E-state index contributed by atoms with van der Waals surface area (Å²) in [5.41, 5.74) is 9.61. The Kier molecular flexibility index (Phi) is 5.75. The van der Waals surface area contributed by atoms with Gasteiger partial charge in [0.2, 0.25) is 5.95 Å². The molecule has 1 saturated heterocycles. The van der Waals surface area contributed by atoms with Crippen LogP contribution in [-0.4, -0.2) is 71.2 Å². The lowest BCUT2D eigenvalue weighted by atomic mass is 10.1. The molecule has 164 valence electrons. The van der Waals surface area contributed by atoms with Gasteiger partial charge in [0.25, 0.3) is 0 Å².